The lowest BCUT2D eigenvalue weighted by molar-refractivity contribution is -0.137. The fourth-order valence-electron chi connectivity index (χ4n) is 3.96. The quantitative estimate of drug-likeness (QED) is 0.194. The van der Waals surface area contributed by atoms with Gasteiger partial charge in [0, 0.05) is 28.3 Å². The first-order chi connectivity index (χ1) is 17.2. The molecule has 0 saturated carbocycles. The first kappa shape index (κ1) is 23.7. The number of nitrogens with zero attached hydrogens (tertiary/aromatic N) is 1. The maximum absolute atomic E-state index is 15.0. The van der Waals surface area contributed by atoms with Crippen molar-refractivity contribution in [3.8, 4) is 39.5 Å². The highest BCUT2D eigenvalue weighted by atomic mass is 35.5. The van der Waals surface area contributed by atoms with Crippen LogP contribution in [-0.2, 0) is 6.18 Å². The lowest BCUT2D eigenvalue weighted by Crippen LogP contribution is -2.03. The van der Waals surface area contributed by atoms with E-state index in [1.807, 2.05) is 0 Å². The molecule has 182 valence electrons. The first-order valence-corrected chi connectivity index (χ1v) is 11.0. The van der Waals surface area contributed by atoms with Gasteiger partial charge in [0.2, 0.25) is 5.89 Å². The van der Waals surface area contributed by atoms with Crippen LogP contribution in [0.15, 0.2) is 77.2 Å². The second-order valence-electron chi connectivity index (χ2n) is 8.02. The maximum atomic E-state index is 15.0. The number of hydrogen-bond donors (Lipinski definition) is 1. The Hall–Kier alpha value is -4.04. The number of fused-ring (bicyclic) bond motifs is 1. The first-order valence-electron chi connectivity index (χ1n) is 10.7. The largest absolute Gasteiger partial charge is 0.496 e. The zero-order valence-electron chi connectivity index (χ0n) is 18.7. The van der Waals surface area contributed by atoms with E-state index >= 15 is 4.39 Å². The fraction of sp³-hybridized carbons (Fsp3) is 0.0741. The van der Waals surface area contributed by atoms with Crippen LogP contribution in [-0.4, -0.2) is 12.1 Å². The van der Waals surface area contributed by atoms with Crippen molar-refractivity contribution >= 4 is 28.4 Å². The lowest BCUT2D eigenvalue weighted by Gasteiger charge is -2.14. The van der Waals surface area contributed by atoms with E-state index in [0.29, 0.717) is 27.9 Å². The van der Waals surface area contributed by atoms with Gasteiger partial charge in [0.1, 0.15) is 17.1 Å². The van der Waals surface area contributed by atoms with E-state index in [2.05, 4.69) is 4.98 Å². The van der Waals surface area contributed by atoms with E-state index in [1.165, 1.54) is 19.2 Å². The highest BCUT2D eigenvalue weighted by Gasteiger charge is 2.31. The van der Waals surface area contributed by atoms with Gasteiger partial charge in [0.15, 0.2) is 5.58 Å². The molecule has 0 saturated heterocycles. The smallest absolute Gasteiger partial charge is 0.416 e. The zero-order valence-corrected chi connectivity index (χ0v) is 19.4. The van der Waals surface area contributed by atoms with Crippen LogP contribution in [0, 0.1) is 5.82 Å². The summed E-state index contributed by atoms with van der Waals surface area (Å²) in [6.45, 7) is 0. The van der Waals surface area contributed by atoms with Crippen LogP contribution < -0.4 is 10.5 Å². The van der Waals surface area contributed by atoms with Crippen LogP contribution in [0.4, 0.5) is 23.2 Å². The van der Waals surface area contributed by atoms with Crippen LogP contribution in [0.3, 0.4) is 0 Å². The molecule has 4 aromatic carbocycles. The molecule has 0 fully saturated rings. The molecule has 0 aliphatic carbocycles. The maximum Gasteiger partial charge on any atom is 0.416 e. The van der Waals surface area contributed by atoms with Crippen LogP contribution in [0.5, 0.6) is 5.75 Å². The number of oxazole rings is 1. The second kappa shape index (κ2) is 8.87. The Morgan fingerprint density at radius 1 is 0.889 bits per heavy atom. The van der Waals surface area contributed by atoms with Crippen molar-refractivity contribution in [2.75, 3.05) is 12.8 Å². The molecular weight excluding hydrogens is 496 g/mol. The number of ether oxygens (including phenoxy) is 1. The molecule has 0 aliphatic heterocycles. The minimum absolute atomic E-state index is 0.0863. The van der Waals surface area contributed by atoms with E-state index < -0.39 is 17.6 Å². The number of hydrogen-bond acceptors (Lipinski definition) is 4. The number of nitrogens with two attached hydrogens (primary N) is 1. The van der Waals surface area contributed by atoms with Crippen LogP contribution in [0.2, 0.25) is 5.02 Å². The molecule has 2 N–H and O–H groups in total. The highest BCUT2D eigenvalue weighted by Crippen LogP contribution is 2.41. The number of halogens is 5. The minimum Gasteiger partial charge on any atom is -0.496 e. The topological polar surface area (TPSA) is 61.3 Å². The van der Waals surface area contributed by atoms with Gasteiger partial charge in [-0.05, 0) is 48.0 Å². The number of methoxy groups -OCH3 is 1. The monoisotopic (exact) mass is 512 g/mol. The van der Waals surface area contributed by atoms with Gasteiger partial charge < -0.3 is 14.9 Å². The molecule has 0 amide bonds. The van der Waals surface area contributed by atoms with Crippen LogP contribution >= 0.6 is 11.6 Å². The van der Waals surface area contributed by atoms with Crippen molar-refractivity contribution in [2.24, 2.45) is 0 Å². The molecular formula is C27H17ClF4N2O2. The van der Waals surface area contributed by atoms with Crippen LogP contribution in [0.1, 0.15) is 5.56 Å². The van der Waals surface area contributed by atoms with Gasteiger partial charge in [0.25, 0.3) is 0 Å². The summed E-state index contributed by atoms with van der Waals surface area (Å²) in [4.78, 5) is 4.25. The second-order valence-corrected chi connectivity index (χ2v) is 8.40. The van der Waals surface area contributed by atoms with Crippen molar-refractivity contribution in [3.05, 3.63) is 89.2 Å². The Bertz CT molecular complexity index is 1610. The van der Waals surface area contributed by atoms with Gasteiger partial charge in [0.05, 0.1) is 23.4 Å². The number of alkyl halides is 3. The van der Waals surface area contributed by atoms with Gasteiger partial charge in [-0.3, -0.25) is 0 Å². The Kier molecular flexibility index (Phi) is 5.84. The molecule has 0 atom stereocenters. The number of rotatable bonds is 4. The summed E-state index contributed by atoms with van der Waals surface area (Å²) >= 11 is 6.34. The standard InChI is InChI=1S/C27H17ClF4N2O2/c1-35-24-13-20(29)19(17-6-3-7-21(33)25(17)28)12-18(24)14-4-2-5-15(10-14)26-34-22-11-16(27(30,31)32)8-9-23(22)36-26/h2-13H,33H2,1H3. The van der Waals surface area contributed by atoms with Crippen molar-refractivity contribution in [2.45, 2.75) is 6.18 Å². The average Bonchev–Trinajstić information content (AvgIpc) is 3.29. The highest BCUT2D eigenvalue weighted by molar-refractivity contribution is 6.35. The molecule has 0 bridgehead atoms. The summed E-state index contributed by atoms with van der Waals surface area (Å²) in [5, 5.41) is 0.228. The van der Waals surface area contributed by atoms with Crippen molar-refractivity contribution in [1.82, 2.24) is 4.98 Å². The normalized spacial score (nSPS) is 11.7. The summed E-state index contributed by atoms with van der Waals surface area (Å²) in [6.07, 6.45) is -4.49. The number of anilines is 1. The molecule has 0 spiro atoms. The molecule has 1 aromatic heterocycles. The van der Waals surface area contributed by atoms with E-state index in [-0.39, 0.29) is 33.3 Å². The minimum atomic E-state index is -4.49. The number of aromatic nitrogens is 1. The Labute approximate surface area is 207 Å². The zero-order chi connectivity index (χ0) is 25.6. The van der Waals surface area contributed by atoms with E-state index in [1.54, 1.807) is 48.5 Å². The molecule has 0 radical (unpaired) electrons. The molecule has 5 aromatic rings. The Morgan fingerprint density at radius 2 is 1.64 bits per heavy atom. The number of benzene rings is 4. The summed E-state index contributed by atoms with van der Waals surface area (Å²) in [7, 11) is 1.42. The Balaban J connectivity index is 1.62. The van der Waals surface area contributed by atoms with Crippen LogP contribution in [0.25, 0.3) is 44.8 Å². The van der Waals surface area contributed by atoms with E-state index in [0.717, 1.165) is 12.1 Å². The van der Waals surface area contributed by atoms with E-state index in [9.17, 15) is 13.2 Å². The van der Waals surface area contributed by atoms with Crippen molar-refractivity contribution < 1.29 is 26.7 Å². The number of nitrogen functional groups attached to an aromatic ring is 1. The van der Waals surface area contributed by atoms with Crippen molar-refractivity contribution in [1.29, 1.82) is 0 Å². The molecule has 9 heteroatoms. The van der Waals surface area contributed by atoms with Gasteiger partial charge in [-0.25, -0.2) is 9.37 Å². The third-order valence-corrected chi connectivity index (χ3v) is 6.17. The van der Waals surface area contributed by atoms with Gasteiger partial charge in [-0.15, -0.1) is 0 Å². The Morgan fingerprint density at radius 3 is 2.39 bits per heavy atom. The third kappa shape index (κ3) is 4.24. The third-order valence-electron chi connectivity index (χ3n) is 5.74. The summed E-state index contributed by atoms with van der Waals surface area (Å²) in [6, 6.07) is 17.9. The SMILES string of the molecule is COc1cc(F)c(-c2cccc(N)c2Cl)cc1-c1cccc(-c2nc3cc(C(F)(F)F)ccc3o2)c1. The predicted octanol–water partition coefficient (Wildman–Crippen LogP) is 8.23. The molecule has 0 aliphatic rings. The van der Waals surface area contributed by atoms with Crippen molar-refractivity contribution in [3.63, 3.8) is 0 Å². The van der Waals surface area contributed by atoms with Gasteiger partial charge in [-0.2, -0.15) is 13.2 Å². The lowest BCUT2D eigenvalue weighted by atomic mass is 9.96. The molecule has 36 heavy (non-hydrogen) atoms. The van der Waals surface area contributed by atoms with E-state index in [4.69, 9.17) is 26.5 Å². The summed E-state index contributed by atoms with van der Waals surface area (Å²) in [5.41, 5.74) is 8.10. The molecule has 0 unspecified atom stereocenters. The molecule has 5 rings (SSSR count). The predicted molar refractivity (Wildman–Crippen MR) is 131 cm³/mol. The summed E-state index contributed by atoms with van der Waals surface area (Å²) in [5.74, 6) is -0.120. The van der Waals surface area contributed by atoms with Gasteiger partial charge >= 0.3 is 6.18 Å². The molecule has 4 nitrogen and oxygen atoms in total. The molecule has 1 heterocycles. The van der Waals surface area contributed by atoms with Gasteiger partial charge in [-0.1, -0.05) is 35.9 Å². The average molecular weight is 513 g/mol. The summed E-state index contributed by atoms with van der Waals surface area (Å²) < 4.78 is 65.4. The fourth-order valence-corrected chi connectivity index (χ4v) is 4.19.